The lowest BCUT2D eigenvalue weighted by molar-refractivity contribution is 0.0745. The van der Waals surface area contributed by atoms with Gasteiger partial charge in [0.1, 0.15) is 11.6 Å². The number of carbonyl (C=O) groups excluding carboxylic acids is 1. The maximum atomic E-state index is 13.4. The van der Waals surface area contributed by atoms with E-state index in [0.717, 1.165) is 5.69 Å². The zero-order valence-corrected chi connectivity index (χ0v) is 13.9. The summed E-state index contributed by atoms with van der Waals surface area (Å²) in [5.74, 6) is -0.879. The molecule has 3 rings (SSSR count). The number of halogens is 3. The molecule has 0 aromatic heterocycles. The molecule has 120 valence electrons. The summed E-state index contributed by atoms with van der Waals surface area (Å²) in [7, 11) is 0. The van der Waals surface area contributed by atoms with E-state index in [1.165, 1.54) is 30.3 Å². The van der Waals surface area contributed by atoms with Crippen molar-refractivity contribution in [3.63, 3.8) is 0 Å². The van der Waals surface area contributed by atoms with Crippen molar-refractivity contribution in [3.8, 4) is 0 Å². The summed E-state index contributed by atoms with van der Waals surface area (Å²) in [6.07, 6.45) is 0. The van der Waals surface area contributed by atoms with Crippen LogP contribution in [0.15, 0.2) is 46.9 Å². The van der Waals surface area contributed by atoms with Crippen LogP contribution in [0.25, 0.3) is 0 Å². The Bertz CT molecular complexity index is 713. The maximum absolute atomic E-state index is 13.4. The van der Waals surface area contributed by atoms with Crippen LogP contribution in [-0.2, 0) is 0 Å². The van der Waals surface area contributed by atoms with Crippen LogP contribution in [-0.4, -0.2) is 37.0 Å². The van der Waals surface area contributed by atoms with Crippen LogP contribution in [0.4, 0.5) is 14.5 Å². The third-order valence-electron chi connectivity index (χ3n) is 3.92. The third kappa shape index (κ3) is 3.52. The predicted molar refractivity (Wildman–Crippen MR) is 88.6 cm³/mol. The SMILES string of the molecule is O=C(c1cc(F)ccc1Br)N1CCN(c2ccc(F)cc2)CC1. The van der Waals surface area contributed by atoms with Gasteiger partial charge in [0.05, 0.1) is 5.56 Å². The largest absolute Gasteiger partial charge is 0.368 e. The molecule has 2 aromatic carbocycles. The van der Waals surface area contributed by atoms with E-state index in [4.69, 9.17) is 0 Å². The van der Waals surface area contributed by atoms with Gasteiger partial charge in [0.15, 0.2) is 0 Å². The summed E-state index contributed by atoms with van der Waals surface area (Å²) < 4.78 is 26.9. The fourth-order valence-corrected chi connectivity index (χ4v) is 3.07. The molecule has 1 saturated heterocycles. The first-order valence-electron chi connectivity index (χ1n) is 7.29. The lowest BCUT2D eigenvalue weighted by atomic mass is 10.1. The highest BCUT2D eigenvalue weighted by Crippen LogP contribution is 2.22. The third-order valence-corrected chi connectivity index (χ3v) is 4.61. The quantitative estimate of drug-likeness (QED) is 0.792. The molecule has 0 N–H and O–H groups in total. The van der Waals surface area contributed by atoms with E-state index in [1.54, 1.807) is 17.0 Å². The van der Waals surface area contributed by atoms with Crippen LogP contribution in [0.1, 0.15) is 10.4 Å². The van der Waals surface area contributed by atoms with Gasteiger partial charge in [-0.1, -0.05) is 0 Å². The van der Waals surface area contributed by atoms with Gasteiger partial charge in [-0.15, -0.1) is 0 Å². The molecule has 0 atom stereocenters. The second-order valence-corrected chi connectivity index (χ2v) is 6.23. The molecule has 0 radical (unpaired) electrons. The van der Waals surface area contributed by atoms with E-state index >= 15 is 0 Å². The molecular weight excluding hydrogens is 366 g/mol. The number of hydrogen-bond donors (Lipinski definition) is 0. The minimum absolute atomic E-state index is 0.185. The van der Waals surface area contributed by atoms with Gasteiger partial charge in [-0.25, -0.2) is 8.78 Å². The first-order chi connectivity index (χ1) is 11.0. The Morgan fingerprint density at radius 2 is 1.52 bits per heavy atom. The Balaban J connectivity index is 1.67. The molecule has 23 heavy (non-hydrogen) atoms. The van der Waals surface area contributed by atoms with Crippen LogP contribution in [0.2, 0.25) is 0 Å². The normalized spacial score (nSPS) is 14.9. The van der Waals surface area contributed by atoms with Crippen LogP contribution in [0.3, 0.4) is 0 Å². The van der Waals surface area contributed by atoms with E-state index in [1.807, 2.05) is 0 Å². The molecule has 0 aliphatic carbocycles. The van der Waals surface area contributed by atoms with Crippen LogP contribution in [0.5, 0.6) is 0 Å². The molecule has 3 nitrogen and oxygen atoms in total. The van der Waals surface area contributed by atoms with E-state index < -0.39 is 5.82 Å². The standard InChI is InChI=1S/C17H15BrF2N2O/c18-16-6-3-13(20)11-15(16)17(23)22-9-7-21(8-10-22)14-4-1-12(19)2-5-14/h1-6,11H,7-10H2. The minimum Gasteiger partial charge on any atom is -0.368 e. The van der Waals surface area contributed by atoms with Crippen molar-refractivity contribution in [1.29, 1.82) is 0 Å². The molecular formula is C17H15BrF2N2O. The van der Waals surface area contributed by atoms with Gasteiger partial charge in [-0.3, -0.25) is 4.79 Å². The zero-order valence-electron chi connectivity index (χ0n) is 12.3. The van der Waals surface area contributed by atoms with Crippen molar-refractivity contribution in [2.45, 2.75) is 0 Å². The van der Waals surface area contributed by atoms with Gasteiger partial charge in [0.25, 0.3) is 5.91 Å². The molecule has 2 aromatic rings. The molecule has 6 heteroatoms. The predicted octanol–water partition coefficient (Wildman–Crippen LogP) is 3.69. The summed E-state index contributed by atoms with van der Waals surface area (Å²) in [5.41, 5.74) is 1.27. The van der Waals surface area contributed by atoms with E-state index in [0.29, 0.717) is 36.2 Å². The molecule has 1 amide bonds. The first-order valence-corrected chi connectivity index (χ1v) is 8.09. The van der Waals surface area contributed by atoms with E-state index in [-0.39, 0.29) is 11.7 Å². The van der Waals surface area contributed by atoms with Crippen LogP contribution in [0, 0.1) is 11.6 Å². The topological polar surface area (TPSA) is 23.6 Å². The number of benzene rings is 2. The lowest BCUT2D eigenvalue weighted by Crippen LogP contribution is -2.48. The Labute approximate surface area is 141 Å². The Morgan fingerprint density at radius 3 is 2.17 bits per heavy atom. The highest BCUT2D eigenvalue weighted by Gasteiger charge is 2.24. The Morgan fingerprint density at radius 1 is 0.913 bits per heavy atom. The molecule has 0 bridgehead atoms. The number of amides is 1. The van der Waals surface area contributed by atoms with Crippen LogP contribution < -0.4 is 4.90 Å². The fraction of sp³-hybridized carbons (Fsp3) is 0.235. The van der Waals surface area contributed by atoms with Crippen molar-refractivity contribution in [2.75, 3.05) is 31.1 Å². The highest BCUT2D eigenvalue weighted by molar-refractivity contribution is 9.10. The van der Waals surface area contributed by atoms with Gasteiger partial charge in [-0.2, -0.15) is 0 Å². The number of rotatable bonds is 2. The molecule has 0 unspecified atom stereocenters. The summed E-state index contributed by atoms with van der Waals surface area (Å²) in [6.45, 7) is 2.40. The monoisotopic (exact) mass is 380 g/mol. The molecule has 0 spiro atoms. The van der Waals surface area contributed by atoms with Crippen molar-refractivity contribution in [3.05, 3.63) is 64.1 Å². The molecule has 1 aliphatic heterocycles. The second-order valence-electron chi connectivity index (χ2n) is 5.38. The number of anilines is 1. The smallest absolute Gasteiger partial charge is 0.255 e. The Kier molecular flexibility index (Phi) is 4.61. The van der Waals surface area contributed by atoms with Crippen molar-refractivity contribution >= 4 is 27.5 Å². The lowest BCUT2D eigenvalue weighted by Gasteiger charge is -2.36. The van der Waals surface area contributed by atoms with Crippen molar-refractivity contribution in [1.82, 2.24) is 4.90 Å². The average Bonchev–Trinajstić information content (AvgIpc) is 2.57. The molecule has 1 heterocycles. The second kappa shape index (κ2) is 6.66. The summed E-state index contributed by atoms with van der Waals surface area (Å²) >= 11 is 3.29. The van der Waals surface area contributed by atoms with Gasteiger partial charge in [0.2, 0.25) is 0 Å². The highest BCUT2D eigenvalue weighted by atomic mass is 79.9. The van der Waals surface area contributed by atoms with Crippen LogP contribution >= 0.6 is 15.9 Å². The van der Waals surface area contributed by atoms with E-state index in [2.05, 4.69) is 20.8 Å². The number of piperazine rings is 1. The summed E-state index contributed by atoms with van der Waals surface area (Å²) in [5, 5.41) is 0. The average molecular weight is 381 g/mol. The number of nitrogens with zero attached hydrogens (tertiary/aromatic N) is 2. The minimum atomic E-state index is -0.429. The summed E-state index contributed by atoms with van der Waals surface area (Å²) in [4.78, 5) is 16.3. The molecule has 0 saturated carbocycles. The van der Waals surface area contributed by atoms with Gasteiger partial charge >= 0.3 is 0 Å². The Hall–Kier alpha value is -1.95. The van der Waals surface area contributed by atoms with Crippen molar-refractivity contribution in [2.24, 2.45) is 0 Å². The first kappa shape index (κ1) is 15.9. The van der Waals surface area contributed by atoms with Gasteiger partial charge in [0, 0.05) is 36.3 Å². The van der Waals surface area contributed by atoms with Gasteiger partial charge in [-0.05, 0) is 58.4 Å². The molecule has 1 fully saturated rings. The zero-order chi connectivity index (χ0) is 16.4. The number of hydrogen-bond acceptors (Lipinski definition) is 2. The van der Waals surface area contributed by atoms with E-state index in [9.17, 15) is 13.6 Å². The maximum Gasteiger partial charge on any atom is 0.255 e. The fourth-order valence-electron chi connectivity index (χ4n) is 2.65. The summed E-state index contributed by atoms with van der Waals surface area (Å²) in [6, 6.07) is 10.4. The van der Waals surface area contributed by atoms with Crippen molar-refractivity contribution < 1.29 is 13.6 Å². The molecule has 1 aliphatic rings. The number of carbonyl (C=O) groups is 1. The van der Waals surface area contributed by atoms with Gasteiger partial charge < -0.3 is 9.80 Å².